The highest BCUT2D eigenvalue weighted by Crippen LogP contribution is 2.62. The lowest BCUT2D eigenvalue weighted by Crippen LogP contribution is -2.64. The van der Waals surface area contributed by atoms with Gasteiger partial charge in [-0.05, 0) is 81.0 Å². The van der Waals surface area contributed by atoms with Crippen LogP contribution in [0.3, 0.4) is 0 Å². The number of nitrogens with one attached hydrogen (secondary N) is 2. The zero-order chi connectivity index (χ0) is 20.8. The van der Waals surface area contributed by atoms with Gasteiger partial charge in [0.2, 0.25) is 5.91 Å². The fraction of sp³-hybridized carbons (Fsp3) is 0.591. The lowest BCUT2D eigenvalue weighted by Gasteiger charge is -2.60. The lowest BCUT2D eigenvalue weighted by molar-refractivity contribution is -0.176. The summed E-state index contributed by atoms with van der Waals surface area (Å²) in [5.74, 6) is 0.207. The number of carbonyl (C=O) groups excluding carboxylic acids is 3. The summed E-state index contributed by atoms with van der Waals surface area (Å²) >= 11 is 3.40. The molecular formula is C22H27BrN2O4. The van der Waals surface area contributed by atoms with Crippen molar-refractivity contribution in [1.29, 1.82) is 0 Å². The second-order valence-electron chi connectivity index (χ2n) is 9.29. The van der Waals surface area contributed by atoms with Gasteiger partial charge in [-0.25, -0.2) is 0 Å². The summed E-state index contributed by atoms with van der Waals surface area (Å²) in [5.41, 5.74) is 0.776. The maximum Gasteiger partial charge on any atom is 0.312 e. The Hall–Kier alpha value is -1.89. The summed E-state index contributed by atoms with van der Waals surface area (Å²) in [7, 11) is 0. The molecule has 5 rings (SSSR count). The second-order valence-corrected chi connectivity index (χ2v) is 10.2. The summed E-state index contributed by atoms with van der Waals surface area (Å²) < 4.78 is 6.44. The highest BCUT2D eigenvalue weighted by atomic mass is 79.9. The fourth-order valence-corrected chi connectivity index (χ4v) is 6.73. The predicted molar refractivity (Wildman–Crippen MR) is 112 cm³/mol. The zero-order valence-electron chi connectivity index (χ0n) is 16.8. The minimum Gasteiger partial charge on any atom is -0.455 e. The number of aryl methyl sites for hydroxylation is 1. The van der Waals surface area contributed by atoms with Crippen molar-refractivity contribution in [1.82, 2.24) is 5.32 Å². The average Bonchev–Trinajstić information content (AvgIpc) is 2.59. The van der Waals surface area contributed by atoms with Crippen molar-refractivity contribution in [2.24, 2.45) is 17.3 Å². The van der Waals surface area contributed by atoms with E-state index in [1.54, 1.807) is 0 Å². The maximum atomic E-state index is 13.1. The van der Waals surface area contributed by atoms with E-state index in [1.807, 2.05) is 25.1 Å². The van der Waals surface area contributed by atoms with Gasteiger partial charge in [0, 0.05) is 22.6 Å². The Labute approximate surface area is 179 Å². The van der Waals surface area contributed by atoms with Crippen LogP contribution in [0.5, 0.6) is 0 Å². The van der Waals surface area contributed by atoms with Crippen LogP contribution < -0.4 is 10.6 Å². The monoisotopic (exact) mass is 462 g/mol. The first-order chi connectivity index (χ1) is 13.7. The molecule has 156 valence electrons. The fourth-order valence-electron chi connectivity index (χ4n) is 6.26. The summed E-state index contributed by atoms with van der Waals surface area (Å²) in [6.45, 7) is 3.15. The molecule has 2 N–H and O–H groups in total. The van der Waals surface area contributed by atoms with Gasteiger partial charge in [0.15, 0.2) is 6.61 Å². The van der Waals surface area contributed by atoms with E-state index in [2.05, 4.69) is 26.6 Å². The number of halogens is 1. The van der Waals surface area contributed by atoms with E-state index in [-0.39, 0.29) is 29.9 Å². The number of carbonyl (C=O) groups is 3. The molecule has 2 amide bonds. The molecule has 4 saturated carbocycles. The highest BCUT2D eigenvalue weighted by molar-refractivity contribution is 9.10. The molecular weight excluding hydrogens is 436 g/mol. The molecule has 7 heteroatoms. The Bertz CT molecular complexity index is 854. The summed E-state index contributed by atoms with van der Waals surface area (Å²) in [6, 6.07) is 5.58. The number of hydrogen-bond donors (Lipinski definition) is 2. The van der Waals surface area contributed by atoms with Gasteiger partial charge in [-0.1, -0.05) is 15.9 Å². The summed E-state index contributed by atoms with van der Waals surface area (Å²) in [5, 5.41) is 5.95. The lowest BCUT2D eigenvalue weighted by atomic mass is 9.47. The largest absolute Gasteiger partial charge is 0.455 e. The molecule has 0 aliphatic heterocycles. The molecule has 4 aliphatic rings. The predicted octanol–water partition coefficient (Wildman–Crippen LogP) is 3.71. The first-order valence-electron chi connectivity index (χ1n) is 10.2. The molecule has 1 aromatic carbocycles. The average molecular weight is 463 g/mol. The summed E-state index contributed by atoms with van der Waals surface area (Å²) in [6.07, 6.45) is 5.25. The smallest absolute Gasteiger partial charge is 0.312 e. The van der Waals surface area contributed by atoms with E-state index in [9.17, 15) is 14.4 Å². The molecule has 4 fully saturated rings. The van der Waals surface area contributed by atoms with E-state index >= 15 is 0 Å². The number of rotatable bonds is 5. The normalized spacial score (nSPS) is 32.0. The van der Waals surface area contributed by atoms with Gasteiger partial charge >= 0.3 is 5.97 Å². The molecule has 2 atom stereocenters. The van der Waals surface area contributed by atoms with Gasteiger partial charge in [-0.3, -0.25) is 14.4 Å². The SMILES string of the molecule is CC(=O)NC12CC3CC(C1)CC(C(=O)OCC(=O)Nc1ccc(Br)cc1C)(C3)C2. The highest BCUT2D eigenvalue weighted by Gasteiger charge is 2.61. The third-order valence-electron chi connectivity index (χ3n) is 6.73. The molecule has 4 bridgehead atoms. The van der Waals surface area contributed by atoms with E-state index in [4.69, 9.17) is 4.74 Å². The second kappa shape index (κ2) is 7.42. The van der Waals surface area contributed by atoms with E-state index in [0.29, 0.717) is 23.9 Å². The standard InChI is InChI=1S/C22H27BrN2O4/c1-13-5-17(23)3-4-18(13)24-19(27)11-29-20(28)21-7-15-6-16(8-21)10-22(9-15,12-21)25-14(2)26/h3-5,15-16H,6-12H2,1-2H3,(H,24,27)(H,25,26). The van der Waals surface area contributed by atoms with Crippen molar-refractivity contribution in [3.63, 3.8) is 0 Å². The van der Waals surface area contributed by atoms with E-state index in [1.165, 1.54) is 6.92 Å². The molecule has 2 unspecified atom stereocenters. The molecule has 0 heterocycles. The Morgan fingerprint density at radius 3 is 2.48 bits per heavy atom. The van der Waals surface area contributed by atoms with Crippen LogP contribution >= 0.6 is 15.9 Å². The molecule has 29 heavy (non-hydrogen) atoms. The van der Waals surface area contributed by atoms with Crippen LogP contribution in [0.15, 0.2) is 22.7 Å². The molecule has 0 spiro atoms. The molecule has 0 radical (unpaired) electrons. The molecule has 0 aromatic heterocycles. The van der Waals surface area contributed by atoms with Gasteiger partial charge in [0.1, 0.15) is 0 Å². The number of anilines is 1. The number of esters is 1. The summed E-state index contributed by atoms with van der Waals surface area (Å²) in [4.78, 5) is 37.2. The minimum atomic E-state index is -0.569. The van der Waals surface area contributed by atoms with E-state index in [0.717, 1.165) is 42.1 Å². The molecule has 6 nitrogen and oxygen atoms in total. The minimum absolute atomic E-state index is 0.0419. The molecule has 4 aliphatic carbocycles. The number of amides is 2. The van der Waals surface area contributed by atoms with E-state index < -0.39 is 5.41 Å². The van der Waals surface area contributed by atoms with Crippen LogP contribution in [0.4, 0.5) is 5.69 Å². The van der Waals surface area contributed by atoms with Gasteiger partial charge in [-0.2, -0.15) is 0 Å². The molecule has 0 saturated heterocycles. The quantitative estimate of drug-likeness (QED) is 0.653. The van der Waals surface area contributed by atoms with Crippen molar-refractivity contribution in [2.75, 3.05) is 11.9 Å². The third kappa shape index (κ3) is 4.06. The maximum absolute atomic E-state index is 13.1. The Balaban J connectivity index is 1.40. The van der Waals surface area contributed by atoms with Crippen molar-refractivity contribution < 1.29 is 19.1 Å². The van der Waals surface area contributed by atoms with Crippen molar-refractivity contribution >= 4 is 39.4 Å². The number of hydrogen-bond acceptors (Lipinski definition) is 4. The number of ether oxygens (including phenoxy) is 1. The molecule has 1 aromatic rings. The zero-order valence-corrected chi connectivity index (χ0v) is 18.4. The Morgan fingerprint density at radius 2 is 1.86 bits per heavy atom. The third-order valence-corrected chi connectivity index (χ3v) is 7.23. The van der Waals surface area contributed by atoms with Crippen LogP contribution in [-0.2, 0) is 19.1 Å². The van der Waals surface area contributed by atoms with Crippen molar-refractivity contribution in [2.45, 2.75) is 57.9 Å². The van der Waals surface area contributed by atoms with Gasteiger partial charge in [-0.15, -0.1) is 0 Å². The van der Waals surface area contributed by atoms with Gasteiger partial charge in [0.05, 0.1) is 5.41 Å². The van der Waals surface area contributed by atoms with Crippen molar-refractivity contribution in [3.05, 3.63) is 28.2 Å². The topological polar surface area (TPSA) is 84.5 Å². The van der Waals surface area contributed by atoms with Crippen LogP contribution in [-0.4, -0.2) is 29.9 Å². The number of benzene rings is 1. The van der Waals surface area contributed by atoms with Gasteiger partial charge in [0.25, 0.3) is 5.91 Å². The first kappa shape index (κ1) is 20.4. The Kier molecular flexibility index (Phi) is 5.21. The van der Waals surface area contributed by atoms with Gasteiger partial charge < -0.3 is 15.4 Å². The van der Waals surface area contributed by atoms with Crippen LogP contribution in [0.1, 0.15) is 51.0 Å². The van der Waals surface area contributed by atoms with Crippen molar-refractivity contribution in [3.8, 4) is 0 Å². The first-order valence-corrected chi connectivity index (χ1v) is 11.0. The van der Waals surface area contributed by atoms with Crippen LogP contribution in [0.25, 0.3) is 0 Å². The van der Waals surface area contributed by atoms with Crippen LogP contribution in [0, 0.1) is 24.2 Å². The Morgan fingerprint density at radius 1 is 1.17 bits per heavy atom. The van der Waals surface area contributed by atoms with Crippen LogP contribution in [0.2, 0.25) is 0 Å².